The van der Waals surface area contributed by atoms with Crippen LogP contribution in [0.4, 0.5) is 0 Å². The standard InChI is InChI=1S/C15H16ClNO3/c1-19-13-6-5-10(16)8-11(13)12(9-17)15(18)14-4-2-3-7-20-14/h5-6,8,12,14H,2-4,7H2,1H3. The first kappa shape index (κ1) is 14.8. The fraction of sp³-hybridized carbons (Fsp3) is 0.467. The molecule has 2 atom stereocenters. The second-order valence-corrected chi connectivity index (χ2v) is 5.14. The minimum atomic E-state index is -0.910. The van der Waals surface area contributed by atoms with Crippen molar-refractivity contribution in [1.29, 1.82) is 5.26 Å². The maximum absolute atomic E-state index is 12.5. The maximum atomic E-state index is 12.5. The van der Waals surface area contributed by atoms with Gasteiger partial charge in [0.05, 0.1) is 13.2 Å². The second-order valence-electron chi connectivity index (χ2n) is 4.71. The van der Waals surface area contributed by atoms with Crippen molar-refractivity contribution in [3.05, 3.63) is 28.8 Å². The quantitative estimate of drug-likeness (QED) is 0.856. The van der Waals surface area contributed by atoms with Crippen molar-refractivity contribution < 1.29 is 14.3 Å². The Morgan fingerprint density at radius 3 is 2.95 bits per heavy atom. The largest absolute Gasteiger partial charge is 0.496 e. The Morgan fingerprint density at radius 1 is 1.55 bits per heavy atom. The molecular formula is C15H16ClNO3. The summed E-state index contributed by atoms with van der Waals surface area (Å²) >= 11 is 5.96. The van der Waals surface area contributed by atoms with Crippen molar-refractivity contribution in [3.63, 3.8) is 0 Å². The summed E-state index contributed by atoms with van der Waals surface area (Å²) in [7, 11) is 1.50. The third kappa shape index (κ3) is 3.12. The first-order valence-electron chi connectivity index (χ1n) is 6.55. The Bertz CT molecular complexity index is 532. The van der Waals surface area contributed by atoms with Gasteiger partial charge in [0.15, 0.2) is 5.78 Å². The average molecular weight is 294 g/mol. The number of rotatable bonds is 4. The average Bonchev–Trinajstić information content (AvgIpc) is 2.49. The molecule has 2 unspecified atom stereocenters. The molecule has 0 amide bonds. The molecular weight excluding hydrogens is 278 g/mol. The van der Waals surface area contributed by atoms with Gasteiger partial charge in [-0.15, -0.1) is 0 Å². The van der Waals surface area contributed by atoms with Crippen LogP contribution in [0.25, 0.3) is 0 Å². The van der Waals surface area contributed by atoms with E-state index in [9.17, 15) is 10.1 Å². The monoisotopic (exact) mass is 293 g/mol. The number of hydrogen-bond donors (Lipinski definition) is 0. The molecule has 5 heteroatoms. The summed E-state index contributed by atoms with van der Waals surface area (Å²) in [4.78, 5) is 12.5. The van der Waals surface area contributed by atoms with Crippen LogP contribution in [-0.2, 0) is 9.53 Å². The molecule has 0 N–H and O–H groups in total. The topological polar surface area (TPSA) is 59.3 Å². The summed E-state index contributed by atoms with van der Waals surface area (Å²) in [5.74, 6) is -0.635. The molecule has 1 aliphatic heterocycles. The zero-order valence-electron chi connectivity index (χ0n) is 11.3. The fourth-order valence-electron chi connectivity index (χ4n) is 2.37. The van der Waals surface area contributed by atoms with Gasteiger partial charge in [-0.05, 0) is 37.5 Å². The van der Waals surface area contributed by atoms with E-state index in [-0.39, 0.29) is 5.78 Å². The Balaban J connectivity index is 2.30. The smallest absolute Gasteiger partial charge is 0.183 e. The van der Waals surface area contributed by atoms with Gasteiger partial charge in [-0.1, -0.05) is 11.6 Å². The van der Waals surface area contributed by atoms with Gasteiger partial charge in [0.2, 0.25) is 0 Å². The van der Waals surface area contributed by atoms with Gasteiger partial charge in [0.1, 0.15) is 17.8 Å². The molecule has 20 heavy (non-hydrogen) atoms. The van der Waals surface area contributed by atoms with Gasteiger partial charge in [0, 0.05) is 17.2 Å². The van der Waals surface area contributed by atoms with E-state index in [1.165, 1.54) is 7.11 Å². The summed E-state index contributed by atoms with van der Waals surface area (Å²) < 4.78 is 10.7. The molecule has 1 aromatic rings. The molecule has 2 rings (SSSR count). The van der Waals surface area contributed by atoms with E-state index in [1.54, 1.807) is 18.2 Å². The zero-order chi connectivity index (χ0) is 14.5. The number of ketones is 1. The van der Waals surface area contributed by atoms with E-state index in [0.717, 1.165) is 12.8 Å². The van der Waals surface area contributed by atoms with Crippen molar-refractivity contribution >= 4 is 17.4 Å². The maximum Gasteiger partial charge on any atom is 0.183 e. The number of nitrogens with zero attached hydrogens (tertiary/aromatic N) is 1. The number of nitriles is 1. The van der Waals surface area contributed by atoms with Crippen molar-refractivity contribution in [2.45, 2.75) is 31.3 Å². The van der Waals surface area contributed by atoms with Crippen LogP contribution in [0.1, 0.15) is 30.7 Å². The van der Waals surface area contributed by atoms with Crippen LogP contribution in [-0.4, -0.2) is 25.6 Å². The molecule has 1 saturated heterocycles. The van der Waals surface area contributed by atoms with E-state index >= 15 is 0 Å². The molecule has 1 aromatic carbocycles. The van der Waals surface area contributed by atoms with Gasteiger partial charge >= 0.3 is 0 Å². The number of methoxy groups -OCH3 is 1. The second kappa shape index (κ2) is 6.74. The predicted octanol–water partition coefficient (Wildman–Crippen LogP) is 3.09. The highest BCUT2D eigenvalue weighted by atomic mass is 35.5. The van der Waals surface area contributed by atoms with Gasteiger partial charge < -0.3 is 9.47 Å². The van der Waals surface area contributed by atoms with Crippen LogP contribution >= 0.6 is 11.6 Å². The first-order valence-corrected chi connectivity index (χ1v) is 6.93. The lowest BCUT2D eigenvalue weighted by molar-refractivity contribution is -0.133. The van der Waals surface area contributed by atoms with Crippen LogP contribution in [0.3, 0.4) is 0 Å². The fourth-order valence-corrected chi connectivity index (χ4v) is 2.55. The van der Waals surface area contributed by atoms with Gasteiger partial charge in [-0.3, -0.25) is 4.79 Å². The number of Topliss-reactive ketones (excluding diaryl/α,β-unsaturated/α-hetero) is 1. The number of carbonyl (C=O) groups is 1. The number of benzene rings is 1. The third-order valence-corrected chi connectivity index (χ3v) is 3.65. The molecule has 0 bridgehead atoms. The molecule has 0 radical (unpaired) electrons. The van der Waals surface area contributed by atoms with Crippen molar-refractivity contribution in [1.82, 2.24) is 0 Å². The third-order valence-electron chi connectivity index (χ3n) is 3.41. The minimum absolute atomic E-state index is 0.215. The first-order chi connectivity index (χ1) is 9.67. The highest BCUT2D eigenvalue weighted by Gasteiger charge is 2.32. The summed E-state index contributed by atoms with van der Waals surface area (Å²) in [5.41, 5.74) is 0.502. The Labute approximate surface area is 123 Å². The number of hydrogen-bond acceptors (Lipinski definition) is 4. The molecule has 106 valence electrons. The van der Waals surface area contributed by atoms with E-state index in [1.807, 2.05) is 6.07 Å². The van der Waals surface area contributed by atoms with Crippen LogP contribution in [0, 0.1) is 11.3 Å². The molecule has 0 spiro atoms. The van der Waals surface area contributed by atoms with Crippen molar-refractivity contribution in [3.8, 4) is 11.8 Å². The van der Waals surface area contributed by atoms with Gasteiger partial charge in [-0.25, -0.2) is 0 Å². The summed E-state index contributed by atoms with van der Waals surface area (Å²) in [5, 5.41) is 9.84. The number of ether oxygens (including phenoxy) is 2. The van der Waals surface area contributed by atoms with Crippen molar-refractivity contribution in [2.24, 2.45) is 0 Å². The summed E-state index contributed by atoms with van der Waals surface area (Å²) in [6.45, 7) is 0.571. The van der Waals surface area contributed by atoms with Crippen LogP contribution in [0.5, 0.6) is 5.75 Å². The predicted molar refractivity (Wildman–Crippen MR) is 75.0 cm³/mol. The lowest BCUT2D eigenvalue weighted by Crippen LogP contribution is -2.32. The molecule has 1 fully saturated rings. The Hall–Kier alpha value is -1.57. The van der Waals surface area contributed by atoms with E-state index < -0.39 is 12.0 Å². The Morgan fingerprint density at radius 2 is 2.35 bits per heavy atom. The highest BCUT2D eigenvalue weighted by Crippen LogP contribution is 2.32. The molecule has 4 nitrogen and oxygen atoms in total. The molecule has 0 saturated carbocycles. The van der Waals surface area contributed by atoms with Crippen LogP contribution in [0.2, 0.25) is 5.02 Å². The van der Waals surface area contributed by atoms with Crippen LogP contribution in [0.15, 0.2) is 18.2 Å². The summed E-state index contributed by atoms with van der Waals surface area (Å²) in [6.07, 6.45) is 2.07. The van der Waals surface area contributed by atoms with E-state index in [4.69, 9.17) is 21.1 Å². The molecule has 1 aliphatic rings. The molecule has 0 aliphatic carbocycles. The lowest BCUT2D eigenvalue weighted by Gasteiger charge is -2.24. The van der Waals surface area contributed by atoms with Gasteiger partial charge in [-0.2, -0.15) is 5.26 Å². The normalized spacial score (nSPS) is 19.9. The van der Waals surface area contributed by atoms with Crippen LogP contribution < -0.4 is 4.74 Å². The summed E-state index contributed by atoms with van der Waals surface area (Å²) in [6, 6.07) is 6.99. The zero-order valence-corrected chi connectivity index (χ0v) is 12.0. The van der Waals surface area contributed by atoms with Gasteiger partial charge in [0.25, 0.3) is 0 Å². The van der Waals surface area contributed by atoms with Crippen molar-refractivity contribution in [2.75, 3.05) is 13.7 Å². The molecule has 0 aromatic heterocycles. The Kier molecular flexibility index (Phi) is 4.99. The molecule has 1 heterocycles. The highest BCUT2D eigenvalue weighted by molar-refractivity contribution is 6.30. The lowest BCUT2D eigenvalue weighted by atomic mass is 9.90. The number of halogens is 1. The minimum Gasteiger partial charge on any atom is -0.496 e. The number of carbonyl (C=O) groups excluding carboxylic acids is 1. The SMILES string of the molecule is COc1ccc(Cl)cc1C(C#N)C(=O)C1CCCCO1. The van der Waals surface area contributed by atoms with E-state index in [2.05, 4.69) is 0 Å². The van der Waals surface area contributed by atoms with E-state index in [0.29, 0.717) is 29.4 Å².